The van der Waals surface area contributed by atoms with Crippen LogP contribution in [0.25, 0.3) is 11.3 Å². The fourth-order valence-electron chi connectivity index (χ4n) is 2.88. The van der Waals surface area contributed by atoms with Crippen LogP contribution in [-0.4, -0.2) is 15.3 Å². The third-order valence-electron chi connectivity index (χ3n) is 3.90. The second-order valence-electron chi connectivity index (χ2n) is 5.42. The molecule has 0 fully saturated rings. The summed E-state index contributed by atoms with van der Waals surface area (Å²) in [4.78, 5) is 6.78. The highest BCUT2D eigenvalue weighted by molar-refractivity contribution is 9.11. The Labute approximate surface area is 159 Å². The van der Waals surface area contributed by atoms with Gasteiger partial charge < -0.3 is 4.90 Å². The predicted molar refractivity (Wildman–Crippen MR) is 105 cm³/mol. The van der Waals surface area contributed by atoms with Gasteiger partial charge in [-0.15, -0.1) is 11.8 Å². The number of thioether (sulfide) groups is 1. The molecule has 3 aromatic rings. The minimum atomic E-state index is -0.277. The van der Waals surface area contributed by atoms with Gasteiger partial charge >= 0.3 is 0 Å². The Morgan fingerprint density at radius 3 is 2.67 bits per heavy atom. The first-order valence-corrected chi connectivity index (χ1v) is 9.87. The summed E-state index contributed by atoms with van der Waals surface area (Å²) in [5, 5.41) is 2.10. The fourth-order valence-corrected chi connectivity index (χ4v) is 5.20. The molecule has 4 rings (SSSR count). The molecule has 1 aliphatic rings. The molecule has 0 amide bonds. The lowest BCUT2D eigenvalue weighted by atomic mass is 10.2. The lowest BCUT2D eigenvalue weighted by Crippen LogP contribution is -2.19. The van der Waals surface area contributed by atoms with E-state index in [9.17, 15) is 4.39 Å². The smallest absolute Gasteiger partial charge is 0.139 e. The second kappa shape index (κ2) is 6.20. The summed E-state index contributed by atoms with van der Waals surface area (Å²) >= 11 is 8.98. The standard InChI is InChI=1S/C17H12Br2FN3S/c1-10-16(22-7-11(20)5-6-15(22)21-10)14-8-24-9-23(14)17-12(18)3-2-4-13(17)19/h2-8H,9H2,1H3. The summed E-state index contributed by atoms with van der Waals surface area (Å²) < 4.78 is 17.6. The van der Waals surface area contributed by atoms with Crippen LogP contribution in [0.1, 0.15) is 11.4 Å². The van der Waals surface area contributed by atoms with Crippen LogP contribution >= 0.6 is 43.6 Å². The molecule has 0 saturated carbocycles. The van der Waals surface area contributed by atoms with E-state index in [1.807, 2.05) is 29.5 Å². The van der Waals surface area contributed by atoms with Gasteiger partial charge in [-0.2, -0.15) is 0 Å². The van der Waals surface area contributed by atoms with Gasteiger partial charge in [-0.25, -0.2) is 9.37 Å². The van der Waals surface area contributed by atoms with E-state index >= 15 is 0 Å². The number of fused-ring (bicyclic) bond motifs is 1. The zero-order valence-corrected chi connectivity index (χ0v) is 16.6. The average Bonchev–Trinajstić information content (AvgIpc) is 3.10. The zero-order chi connectivity index (χ0) is 16.8. The first kappa shape index (κ1) is 16.2. The maximum absolute atomic E-state index is 13.8. The third-order valence-corrected chi connectivity index (χ3v) is 5.97. The van der Waals surface area contributed by atoms with Crippen molar-refractivity contribution in [2.24, 2.45) is 0 Å². The number of pyridine rings is 1. The summed E-state index contributed by atoms with van der Waals surface area (Å²) in [6.45, 7) is 1.96. The van der Waals surface area contributed by atoms with Crippen molar-refractivity contribution in [3.63, 3.8) is 0 Å². The minimum absolute atomic E-state index is 0.277. The molecular formula is C17H12Br2FN3S. The Morgan fingerprint density at radius 1 is 1.17 bits per heavy atom. The highest BCUT2D eigenvalue weighted by Gasteiger charge is 2.26. The van der Waals surface area contributed by atoms with Crippen LogP contribution in [0.3, 0.4) is 0 Å². The molecule has 0 atom stereocenters. The average molecular weight is 469 g/mol. The largest absolute Gasteiger partial charge is 0.327 e. The van der Waals surface area contributed by atoms with Crippen molar-refractivity contribution in [1.82, 2.24) is 9.38 Å². The lowest BCUT2D eigenvalue weighted by Gasteiger charge is -2.24. The topological polar surface area (TPSA) is 20.5 Å². The van der Waals surface area contributed by atoms with Gasteiger partial charge in [-0.3, -0.25) is 4.40 Å². The van der Waals surface area contributed by atoms with Gasteiger partial charge in [0.2, 0.25) is 0 Å². The number of hydrogen-bond acceptors (Lipinski definition) is 3. The van der Waals surface area contributed by atoms with Crippen molar-refractivity contribution in [2.75, 3.05) is 10.8 Å². The van der Waals surface area contributed by atoms with Crippen molar-refractivity contribution >= 4 is 60.7 Å². The highest BCUT2D eigenvalue weighted by Crippen LogP contribution is 2.43. The molecule has 0 radical (unpaired) electrons. The number of benzene rings is 1. The third kappa shape index (κ3) is 2.59. The number of anilines is 1. The van der Waals surface area contributed by atoms with Gasteiger partial charge in [0.15, 0.2) is 0 Å². The van der Waals surface area contributed by atoms with Crippen molar-refractivity contribution in [3.8, 4) is 0 Å². The Bertz CT molecular complexity index is 963. The van der Waals surface area contributed by atoms with E-state index in [4.69, 9.17) is 0 Å². The molecule has 2 aromatic heterocycles. The Hall–Kier alpha value is -1.31. The van der Waals surface area contributed by atoms with Gasteiger partial charge in [0, 0.05) is 15.1 Å². The normalized spacial score (nSPS) is 14.5. The van der Waals surface area contributed by atoms with Gasteiger partial charge in [-0.05, 0) is 68.5 Å². The Balaban J connectivity index is 1.90. The first-order chi connectivity index (χ1) is 11.6. The van der Waals surface area contributed by atoms with E-state index in [0.717, 1.165) is 43.2 Å². The first-order valence-electron chi connectivity index (χ1n) is 7.24. The summed E-state index contributed by atoms with van der Waals surface area (Å²) in [7, 11) is 0. The quantitative estimate of drug-likeness (QED) is 0.473. The van der Waals surface area contributed by atoms with E-state index < -0.39 is 0 Å². The van der Waals surface area contributed by atoms with Crippen LogP contribution in [0.5, 0.6) is 0 Å². The number of imidazole rings is 1. The zero-order valence-electron chi connectivity index (χ0n) is 12.6. The van der Waals surface area contributed by atoms with Crippen LogP contribution < -0.4 is 4.90 Å². The van der Waals surface area contributed by atoms with Crippen molar-refractivity contribution in [2.45, 2.75) is 6.92 Å². The summed E-state index contributed by atoms with van der Waals surface area (Å²) in [6, 6.07) is 9.15. The summed E-state index contributed by atoms with van der Waals surface area (Å²) in [5.74, 6) is 0.513. The fraction of sp³-hybridized carbons (Fsp3) is 0.118. The maximum Gasteiger partial charge on any atom is 0.139 e. The van der Waals surface area contributed by atoms with Gasteiger partial charge in [0.05, 0.1) is 28.6 Å². The van der Waals surface area contributed by atoms with E-state index in [1.165, 1.54) is 12.3 Å². The van der Waals surface area contributed by atoms with Crippen molar-refractivity contribution < 1.29 is 4.39 Å². The number of para-hydroxylation sites is 1. The number of hydrogen-bond donors (Lipinski definition) is 0. The molecule has 0 N–H and O–H groups in total. The Morgan fingerprint density at radius 2 is 1.92 bits per heavy atom. The summed E-state index contributed by atoms with van der Waals surface area (Å²) in [5.41, 5.74) is 4.61. The van der Waals surface area contributed by atoms with Crippen LogP contribution in [0.2, 0.25) is 0 Å². The number of aromatic nitrogens is 2. The molecule has 0 saturated heterocycles. The molecule has 0 unspecified atom stereocenters. The number of nitrogens with zero attached hydrogens (tertiary/aromatic N) is 3. The molecular weight excluding hydrogens is 457 g/mol. The number of aryl methyl sites for hydroxylation is 1. The molecule has 24 heavy (non-hydrogen) atoms. The predicted octanol–water partition coefficient (Wildman–Crippen LogP) is 5.82. The van der Waals surface area contributed by atoms with E-state index in [-0.39, 0.29) is 5.82 Å². The van der Waals surface area contributed by atoms with E-state index in [1.54, 1.807) is 17.8 Å². The van der Waals surface area contributed by atoms with E-state index in [0.29, 0.717) is 0 Å². The minimum Gasteiger partial charge on any atom is -0.327 e. The molecule has 0 spiro atoms. The number of halogens is 3. The molecule has 122 valence electrons. The SMILES string of the molecule is Cc1nc2ccc(F)cn2c1C1=CSCN1c1c(Br)cccc1Br. The van der Waals surface area contributed by atoms with Crippen LogP contribution in [0, 0.1) is 12.7 Å². The molecule has 0 bridgehead atoms. The highest BCUT2D eigenvalue weighted by atomic mass is 79.9. The van der Waals surface area contributed by atoms with Crippen molar-refractivity contribution in [1.29, 1.82) is 0 Å². The molecule has 3 heterocycles. The van der Waals surface area contributed by atoms with Gasteiger partial charge in [0.1, 0.15) is 11.5 Å². The summed E-state index contributed by atoms with van der Waals surface area (Å²) in [6.07, 6.45) is 1.49. The molecule has 0 aliphatic carbocycles. The molecule has 3 nitrogen and oxygen atoms in total. The van der Waals surface area contributed by atoms with Gasteiger partial charge in [-0.1, -0.05) is 6.07 Å². The Kier molecular flexibility index (Phi) is 4.18. The van der Waals surface area contributed by atoms with E-state index in [2.05, 4.69) is 47.2 Å². The number of rotatable bonds is 2. The molecule has 7 heteroatoms. The van der Waals surface area contributed by atoms with Crippen LogP contribution in [-0.2, 0) is 0 Å². The van der Waals surface area contributed by atoms with Gasteiger partial charge in [0.25, 0.3) is 0 Å². The second-order valence-corrected chi connectivity index (χ2v) is 7.95. The maximum atomic E-state index is 13.8. The molecule has 1 aromatic carbocycles. The van der Waals surface area contributed by atoms with Crippen LogP contribution in [0.15, 0.2) is 50.9 Å². The molecule has 1 aliphatic heterocycles. The van der Waals surface area contributed by atoms with Crippen LogP contribution in [0.4, 0.5) is 10.1 Å². The lowest BCUT2D eigenvalue weighted by molar-refractivity contribution is 0.619. The monoisotopic (exact) mass is 467 g/mol. The van der Waals surface area contributed by atoms with Crippen molar-refractivity contribution in [3.05, 3.63) is 68.1 Å².